The van der Waals surface area contributed by atoms with E-state index in [0.29, 0.717) is 16.7 Å². The Balaban J connectivity index is 2.17. The van der Waals surface area contributed by atoms with Crippen molar-refractivity contribution in [2.45, 2.75) is 32.1 Å². The van der Waals surface area contributed by atoms with Crippen molar-refractivity contribution in [3.05, 3.63) is 22.7 Å². The summed E-state index contributed by atoms with van der Waals surface area (Å²) in [6, 6.07) is 5.19. The summed E-state index contributed by atoms with van der Waals surface area (Å²) < 4.78 is 0.566. The first-order chi connectivity index (χ1) is 9.09. The number of phenols is 1. The fourth-order valence-corrected chi connectivity index (χ4v) is 2.99. The van der Waals surface area contributed by atoms with Crippen molar-refractivity contribution in [1.29, 1.82) is 0 Å². The van der Waals surface area contributed by atoms with Crippen molar-refractivity contribution in [2.75, 3.05) is 11.9 Å². The molecule has 1 fully saturated rings. The Morgan fingerprint density at radius 1 is 1.37 bits per heavy atom. The number of anilines is 1. The Labute approximate surface area is 121 Å². The van der Waals surface area contributed by atoms with Gasteiger partial charge in [0.25, 0.3) is 0 Å². The van der Waals surface area contributed by atoms with Crippen molar-refractivity contribution in [2.24, 2.45) is 11.1 Å². The summed E-state index contributed by atoms with van der Waals surface area (Å²) in [6.07, 6.45) is 4.88. The van der Waals surface area contributed by atoms with Gasteiger partial charge in [0.15, 0.2) is 5.75 Å². The van der Waals surface area contributed by atoms with E-state index in [2.05, 4.69) is 21.2 Å². The highest BCUT2D eigenvalue weighted by Crippen LogP contribution is 2.38. The lowest BCUT2D eigenvalue weighted by molar-refractivity contribution is -0.126. The van der Waals surface area contributed by atoms with Crippen LogP contribution in [0, 0.1) is 5.41 Å². The number of para-hydroxylation sites is 1. The number of amides is 1. The molecular weight excluding hydrogens is 308 g/mol. The summed E-state index contributed by atoms with van der Waals surface area (Å²) >= 11 is 3.24. The molecule has 1 aliphatic carbocycles. The van der Waals surface area contributed by atoms with Crippen LogP contribution in [0.1, 0.15) is 32.1 Å². The SMILES string of the molecule is NCC1(C(=O)Nc2cccc(Br)c2O)CCCCC1. The van der Waals surface area contributed by atoms with Gasteiger partial charge in [0.05, 0.1) is 15.6 Å². The normalized spacial score (nSPS) is 18.0. The Kier molecular flexibility index (Phi) is 4.47. The number of nitrogens with one attached hydrogen (secondary N) is 1. The van der Waals surface area contributed by atoms with Crippen molar-refractivity contribution >= 4 is 27.5 Å². The Morgan fingerprint density at radius 3 is 2.68 bits per heavy atom. The molecule has 0 radical (unpaired) electrons. The zero-order valence-corrected chi connectivity index (χ0v) is 12.4. The van der Waals surface area contributed by atoms with E-state index in [1.54, 1.807) is 18.2 Å². The van der Waals surface area contributed by atoms with Gasteiger partial charge >= 0.3 is 0 Å². The van der Waals surface area contributed by atoms with Crippen LogP contribution < -0.4 is 11.1 Å². The van der Waals surface area contributed by atoms with Gasteiger partial charge in [-0.1, -0.05) is 25.3 Å². The van der Waals surface area contributed by atoms with Crippen LogP contribution in [0.3, 0.4) is 0 Å². The summed E-state index contributed by atoms with van der Waals surface area (Å²) in [5.74, 6) is -0.0260. The summed E-state index contributed by atoms with van der Waals surface area (Å²) in [5, 5.41) is 12.7. The lowest BCUT2D eigenvalue weighted by Gasteiger charge is -2.34. The number of carbonyl (C=O) groups excluding carboxylic acids is 1. The van der Waals surface area contributed by atoms with Gasteiger partial charge in [0.2, 0.25) is 5.91 Å². The number of benzene rings is 1. The summed E-state index contributed by atoms with van der Waals surface area (Å²) in [5.41, 5.74) is 5.78. The van der Waals surface area contributed by atoms with E-state index in [-0.39, 0.29) is 11.7 Å². The Hall–Kier alpha value is -1.07. The van der Waals surface area contributed by atoms with E-state index >= 15 is 0 Å². The monoisotopic (exact) mass is 326 g/mol. The minimum atomic E-state index is -0.479. The number of phenolic OH excluding ortho intramolecular Hbond substituents is 1. The van der Waals surface area contributed by atoms with Crippen molar-refractivity contribution in [3.63, 3.8) is 0 Å². The van der Waals surface area contributed by atoms with Crippen LogP contribution in [-0.4, -0.2) is 17.6 Å². The number of rotatable bonds is 3. The van der Waals surface area contributed by atoms with Crippen LogP contribution >= 0.6 is 15.9 Å². The number of aromatic hydroxyl groups is 1. The minimum Gasteiger partial charge on any atom is -0.505 e. The van der Waals surface area contributed by atoms with Gasteiger partial charge in [-0.2, -0.15) is 0 Å². The number of carbonyl (C=O) groups is 1. The molecule has 1 aromatic carbocycles. The summed E-state index contributed by atoms with van der Waals surface area (Å²) in [4.78, 5) is 12.5. The maximum absolute atomic E-state index is 12.5. The highest BCUT2D eigenvalue weighted by atomic mass is 79.9. The molecule has 2 rings (SSSR count). The highest BCUT2D eigenvalue weighted by Gasteiger charge is 2.38. The smallest absolute Gasteiger partial charge is 0.231 e. The first-order valence-corrected chi connectivity index (χ1v) is 7.37. The fourth-order valence-electron chi connectivity index (χ4n) is 2.62. The molecule has 0 spiro atoms. The van der Waals surface area contributed by atoms with Crippen LogP contribution in [0.2, 0.25) is 0 Å². The summed E-state index contributed by atoms with van der Waals surface area (Å²) in [6.45, 7) is 0.355. The first-order valence-electron chi connectivity index (χ1n) is 6.58. The average molecular weight is 327 g/mol. The standard InChI is InChI=1S/C14H19BrN2O2/c15-10-5-4-6-11(12(10)18)17-13(19)14(9-16)7-2-1-3-8-14/h4-6,18H,1-3,7-9,16H2,(H,17,19). The second-order valence-electron chi connectivity index (χ2n) is 5.14. The van der Waals surface area contributed by atoms with E-state index in [0.717, 1.165) is 32.1 Å². The molecule has 104 valence electrons. The quantitative estimate of drug-likeness (QED) is 0.747. The van der Waals surface area contributed by atoms with Crippen molar-refractivity contribution < 1.29 is 9.90 Å². The predicted molar refractivity (Wildman–Crippen MR) is 79.0 cm³/mol. The highest BCUT2D eigenvalue weighted by molar-refractivity contribution is 9.10. The molecule has 1 aliphatic rings. The maximum atomic E-state index is 12.5. The Morgan fingerprint density at radius 2 is 2.05 bits per heavy atom. The molecular formula is C14H19BrN2O2. The van der Waals surface area contributed by atoms with Gasteiger partial charge in [0.1, 0.15) is 0 Å². The number of hydrogen-bond acceptors (Lipinski definition) is 3. The molecule has 0 heterocycles. The van der Waals surface area contributed by atoms with Crippen molar-refractivity contribution in [3.8, 4) is 5.75 Å². The molecule has 1 amide bonds. The van der Waals surface area contributed by atoms with E-state index < -0.39 is 5.41 Å². The second-order valence-corrected chi connectivity index (χ2v) is 5.99. The third-order valence-corrected chi connectivity index (χ3v) is 4.56. The molecule has 0 unspecified atom stereocenters. The number of hydrogen-bond donors (Lipinski definition) is 3. The largest absolute Gasteiger partial charge is 0.505 e. The Bertz CT molecular complexity index is 471. The molecule has 0 bridgehead atoms. The van der Waals surface area contributed by atoms with Gasteiger partial charge in [-0.3, -0.25) is 4.79 Å². The molecule has 5 heteroatoms. The zero-order chi connectivity index (χ0) is 13.9. The molecule has 0 atom stereocenters. The van der Waals surface area contributed by atoms with E-state index in [4.69, 9.17) is 5.73 Å². The molecule has 1 saturated carbocycles. The lowest BCUT2D eigenvalue weighted by atomic mass is 9.73. The van der Waals surface area contributed by atoms with Crippen LogP contribution in [0.4, 0.5) is 5.69 Å². The molecule has 4 nitrogen and oxygen atoms in total. The van der Waals surface area contributed by atoms with E-state index in [9.17, 15) is 9.90 Å². The van der Waals surface area contributed by atoms with Crippen LogP contribution in [0.5, 0.6) is 5.75 Å². The third-order valence-electron chi connectivity index (χ3n) is 3.92. The molecule has 0 aliphatic heterocycles. The van der Waals surface area contributed by atoms with Gasteiger partial charge < -0.3 is 16.2 Å². The number of nitrogens with two attached hydrogens (primary N) is 1. The van der Waals surface area contributed by atoms with Crippen LogP contribution in [-0.2, 0) is 4.79 Å². The van der Waals surface area contributed by atoms with Gasteiger partial charge in [-0.25, -0.2) is 0 Å². The molecule has 0 aromatic heterocycles. The topological polar surface area (TPSA) is 75.4 Å². The van der Waals surface area contributed by atoms with Crippen molar-refractivity contribution in [1.82, 2.24) is 0 Å². The van der Waals surface area contributed by atoms with Crippen LogP contribution in [0.15, 0.2) is 22.7 Å². The second kappa shape index (κ2) is 5.92. The van der Waals surface area contributed by atoms with E-state index in [1.807, 2.05) is 0 Å². The lowest BCUT2D eigenvalue weighted by Crippen LogP contribution is -2.43. The minimum absolute atomic E-state index is 0.0545. The molecule has 4 N–H and O–H groups in total. The van der Waals surface area contributed by atoms with Gasteiger partial charge in [-0.05, 0) is 40.9 Å². The number of halogens is 1. The molecule has 1 aromatic rings. The van der Waals surface area contributed by atoms with Gasteiger partial charge in [0, 0.05) is 6.54 Å². The molecule has 19 heavy (non-hydrogen) atoms. The zero-order valence-electron chi connectivity index (χ0n) is 10.8. The van der Waals surface area contributed by atoms with Crippen LogP contribution in [0.25, 0.3) is 0 Å². The average Bonchev–Trinajstić information content (AvgIpc) is 2.44. The maximum Gasteiger partial charge on any atom is 0.231 e. The third kappa shape index (κ3) is 2.92. The summed E-state index contributed by atoms with van der Waals surface area (Å²) in [7, 11) is 0. The molecule has 0 saturated heterocycles. The first kappa shape index (κ1) is 14.3. The fraction of sp³-hybridized carbons (Fsp3) is 0.500. The predicted octanol–water partition coefficient (Wildman–Crippen LogP) is 3.00. The van der Waals surface area contributed by atoms with E-state index in [1.165, 1.54) is 0 Å². The van der Waals surface area contributed by atoms with Gasteiger partial charge in [-0.15, -0.1) is 0 Å².